The zero-order chi connectivity index (χ0) is 30.5. The topological polar surface area (TPSA) is 98.5 Å². The number of benzene rings is 3. The van der Waals surface area contributed by atoms with Crippen LogP contribution in [0.2, 0.25) is 10.3 Å². The number of hydrogen-bond acceptors (Lipinski definition) is 6. The lowest BCUT2D eigenvalue weighted by Crippen LogP contribution is -2.32. The van der Waals surface area contributed by atoms with Crippen molar-refractivity contribution in [2.24, 2.45) is 0 Å². The van der Waals surface area contributed by atoms with Crippen LogP contribution in [0.5, 0.6) is 0 Å². The summed E-state index contributed by atoms with van der Waals surface area (Å²) in [6.07, 6.45) is 4.32. The second kappa shape index (κ2) is 13.7. The fraction of sp³-hybridized carbons (Fsp3) is 0.206. The average Bonchev–Trinajstić information content (AvgIpc) is 3.39. The summed E-state index contributed by atoms with van der Waals surface area (Å²) in [7, 11) is 0. The normalized spacial score (nSPS) is 18.2. The number of halogens is 2. The first kappa shape index (κ1) is 30.0. The van der Waals surface area contributed by atoms with E-state index < -0.39 is 6.29 Å². The van der Waals surface area contributed by atoms with Crippen LogP contribution in [0.1, 0.15) is 51.4 Å². The highest BCUT2D eigenvalue weighted by atomic mass is 35.5. The van der Waals surface area contributed by atoms with E-state index in [0.717, 1.165) is 33.4 Å². The van der Waals surface area contributed by atoms with Gasteiger partial charge in [-0.15, -0.1) is 0 Å². The van der Waals surface area contributed by atoms with Gasteiger partial charge in [0, 0.05) is 30.9 Å². The molecule has 10 heteroatoms. The van der Waals surface area contributed by atoms with Gasteiger partial charge in [0.25, 0.3) is 5.91 Å². The van der Waals surface area contributed by atoms with E-state index in [9.17, 15) is 9.90 Å². The van der Waals surface area contributed by atoms with Crippen LogP contribution in [-0.4, -0.2) is 31.7 Å². The molecule has 1 aliphatic heterocycles. The van der Waals surface area contributed by atoms with Crippen molar-refractivity contribution in [2.45, 2.75) is 44.6 Å². The predicted molar refractivity (Wildman–Crippen MR) is 168 cm³/mol. The van der Waals surface area contributed by atoms with Gasteiger partial charge in [0.2, 0.25) is 0 Å². The van der Waals surface area contributed by atoms with Crippen molar-refractivity contribution in [3.63, 3.8) is 0 Å². The van der Waals surface area contributed by atoms with E-state index in [2.05, 4.69) is 21.4 Å². The summed E-state index contributed by atoms with van der Waals surface area (Å²) in [6.45, 7) is 0.846. The van der Waals surface area contributed by atoms with Gasteiger partial charge in [0.15, 0.2) is 11.4 Å². The molecule has 1 fully saturated rings. The molecule has 2 aromatic heterocycles. The molecule has 224 valence electrons. The molecule has 0 saturated carbocycles. The minimum absolute atomic E-state index is 0.0185. The molecule has 0 unspecified atom stereocenters. The Morgan fingerprint density at radius 2 is 1.73 bits per heavy atom. The lowest BCUT2D eigenvalue weighted by atomic mass is 9.99. The molecule has 6 rings (SSSR count). The molecule has 1 amide bonds. The zero-order valence-corrected chi connectivity index (χ0v) is 25.2. The summed E-state index contributed by atoms with van der Waals surface area (Å²) in [4.78, 5) is 20.5. The van der Waals surface area contributed by atoms with Gasteiger partial charge in [-0.1, -0.05) is 89.9 Å². The van der Waals surface area contributed by atoms with E-state index in [-0.39, 0.29) is 29.9 Å². The van der Waals surface area contributed by atoms with Crippen LogP contribution < -0.4 is 5.32 Å². The number of nitrogens with zero attached hydrogens (tertiary/aromatic N) is 3. The molecule has 44 heavy (non-hydrogen) atoms. The Bertz CT molecular complexity index is 1710. The monoisotopic (exact) mass is 628 g/mol. The molecule has 2 N–H and O–H groups in total. The van der Waals surface area contributed by atoms with E-state index in [0.29, 0.717) is 30.2 Å². The van der Waals surface area contributed by atoms with Gasteiger partial charge in [0.1, 0.15) is 5.15 Å². The molecule has 1 saturated heterocycles. The molecule has 5 aromatic rings. The van der Waals surface area contributed by atoms with Crippen molar-refractivity contribution in [2.75, 3.05) is 0 Å². The number of rotatable bonds is 9. The molecule has 3 atom stereocenters. The number of ether oxygens (including phenoxy) is 2. The minimum Gasteiger partial charge on any atom is -0.392 e. The standard InChI is InChI=1S/C34H30Cl2N4O4/c35-31-32(36)40(21-39-31)19-29-16-30(25-8-6-22(20-41)7-9-25)44-34(43-29)26-12-10-24(11-13-26)27-4-1-3-23(15-27)17-38-33(42)28-5-2-14-37-18-28/h1-15,18,21,29-30,34,41H,16-17,19-20H2,(H,38,42)/t29-,30+,34+/m0/s1. The van der Waals surface area contributed by atoms with Gasteiger partial charge in [-0.2, -0.15) is 0 Å². The van der Waals surface area contributed by atoms with Gasteiger partial charge in [-0.3, -0.25) is 9.78 Å². The molecular formula is C34H30Cl2N4O4. The number of carbonyl (C=O) groups excluding carboxylic acids is 1. The number of aromatic nitrogens is 3. The summed E-state index contributed by atoms with van der Waals surface area (Å²) < 4.78 is 14.7. The summed E-state index contributed by atoms with van der Waals surface area (Å²) >= 11 is 12.4. The molecule has 3 aromatic carbocycles. The van der Waals surface area contributed by atoms with Crippen molar-refractivity contribution in [1.29, 1.82) is 0 Å². The minimum atomic E-state index is -0.614. The lowest BCUT2D eigenvalue weighted by Gasteiger charge is -2.36. The molecule has 3 heterocycles. The largest absolute Gasteiger partial charge is 0.392 e. The maximum atomic E-state index is 12.4. The molecule has 8 nitrogen and oxygen atoms in total. The van der Waals surface area contributed by atoms with Crippen LogP contribution in [0, 0.1) is 0 Å². The van der Waals surface area contributed by atoms with Gasteiger partial charge in [-0.25, -0.2) is 4.98 Å². The fourth-order valence-corrected chi connectivity index (χ4v) is 5.51. The molecule has 0 aliphatic carbocycles. The van der Waals surface area contributed by atoms with E-state index in [4.69, 9.17) is 32.7 Å². The van der Waals surface area contributed by atoms with Crippen LogP contribution in [0.3, 0.4) is 0 Å². The number of aliphatic hydroxyl groups excluding tert-OH is 1. The Balaban J connectivity index is 1.18. The lowest BCUT2D eigenvalue weighted by molar-refractivity contribution is -0.252. The third-order valence-electron chi connectivity index (χ3n) is 7.57. The Morgan fingerprint density at radius 1 is 0.932 bits per heavy atom. The van der Waals surface area contributed by atoms with Crippen LogP contribution in [0.4, 0.5) is 0 Å². The summed E-state index contributed by atoms with van der Waals surface area (Å²) in [6, 6.07) is 27.4. The van der Waals surface area contributed by atoms with Crippen LogP contribution in [0.15, 0.2) is 104 Å². The van der Waals surface area contributed by atoms with Crippen LogP contribution >= 0.6 is 23.2 Å². The third kappa shape index (κ3) is 7.01. The SMILES string of the molecule is O=C(NCc1cccc(-c2ccc([C@@H]3O[C@H](Cn4cnc(Cl)c4Cl)C[C@H](c4ccc(CO)cc4)O3)cc2)c1)c1cccnc1. The highest BCUT2D eigenvalue weighted by Crippen LogP contribution is 2.39. The first-order chi connectivity index (χ1) is 21.5. The summed E-state index contributed by atoms with van der Waals surface area (Å²) in [5, 5.41) is 13.0. The highest BCUT2D eigenvalue weighted by molar-refractivity contribution is 6.40. The number of hydrogen-bond donors (Lipinski definition) is 2. The molecule has 0 bridgehead atoms. The zero-order valence-electron chi connectivity index (χ0n) is 23.6. The third-order valence-corrected chi connectivity index (χ3v) is 8.34. The molecule has 0 radical (unpaired) electrons. The number of pyridine rings is 1. The van der Waals surface area contributed by atoms with Crippen molar-refractivity contribution in [3.8, 4) is 11.1 Å². The predicted octanol–water partition coefficient (Wildman–Crippen LogP) is 6.92. The van der Waals surface area contributed by atoms with Crippen molar-refractivity contribution in [1.82, 2.24) is 19.9 Å². The van der Waals surface area contributed by atoms with E-state index in [1.807, 2.05) is 66.7 Å². The Labute approximate surface area is 265 Å². The van der Waals surface area contributed by atoms with Crippen molar-refractivity contribution < 1.29 is 19.4 Å². The van der Waals surface area contributed by atoms with Crippen LogP contribution in [-0.2, 0) is 29.2 Å². The first-order valence-electron chi connectivity index (χ1n) is 14.2. The molecular weight excluding hydrogens is 599 g/mol. The highest BCUT2D eigenvalue weighted by Gasteiger charge is 2.33. The van der Waals surface area contributed by atoms with Gasteiger partial charge in [-0.05, 0) is 46.0 Å². The van der Waals surface area contributed by atoms with E-state index in [1.54, 1.807) is 35.4 Å². The van der Waals surface area contributed by atoms with Gasteiger partial charge >= 0.3 is 0 Å². The van der Waals surface area contributed by atoms with Crippen molar-refractivity contribution >= 4 is 29.1 Å². The fourth-order valence-electron chi connectivity index (χ4n) is 5.20. The molecule has 0 spiro atoms. The maximum Gasteiger partial charge on any atom is 0.253 e. The first-order valence-corrected chi connectivity index (χ1v) is 15.0. The molecule has 1 aliphatic rings. The number of nitrogens with one attached hydrogen (secondary N) is 1. The second-order valence-electron chi connectivity index (χ2n) is 10.6. The van der Waals surface area contributed by atoms with E-state index in [1.165, 1.54) is 0 Å². The number of amides is 1. The summed E-state index contributed by atoms with van der Waals surface area (Å²) in [5.74, 6) is -0.167. The average molecular weight is 630 g/mol. The van der Waals surface area contributed by atoms with Gasteiger partial charge in [0.05, 0.1) is 37.3 Å². The summed E-state index contributed by atoms with van der Waals surface area (Å²) in [5.41, 5.74) is 6.28. The smallest absolute Gasteiger partial charge is 0.253 e. The number of aliphatic hydroxyl groups is 1. The van der Waals surface area contributed by atoms with Gasteiger partial charge < -0.3 is 24.5 Å². The number of imidazole rings is 1. The van der Waals surface area contributed by atoms with E-state index >= 15 is 0 Å². The van der Waals surface area contributed by atoms with Crippen LogP contribution in [0.25, 0.3) is 11.1 Å². The second-order valence-corrected chi connectivity index (χ2v) is 11.3. The Kier molecular flexibility index (Phi) is 9.35. The quantitative estimate of drug-likeness (QED) is 0.184. The number of carbonyl (C=O) groups is 1. The van der Waals surface area contributed by atoms with Crippen molar-refractivity contribution in [3.05, 3.63) is 142 Å². The Hall–Kier alpha value is -4.05. The maximum absolute atomic E-state index is 12.4. The Morgan fingerprint density at radius 3 is 2.43 bits per heavy atom.